The fourth-order valence-corrected chi connectivity index (χ4v) is 3.37. The molecule has 0 aromatic carbocycles. The lowest BCUT2D eigenvalue weighted by Gasteiger charge is -2.41. The van der Waals surface area contributed by atoms with E-state index in [2.05, 4.69) is 39.2 Å². The van der Waals surface area contributed by atoms with Gasteiger partial charge in [-0.2, -0.15) is 0 Å². The Kier molecular flexibility index (Phi) is 5.19. The Labute approximate surface area is 107 Å². The molecule has 0 bridgehead atoms. The normalized spacial score (nSPS) is 27.2. The van der Waals surface area contributed by atoms with Crippen LogP contribution in [-0.4, -0.2) is 38.7 Å². The number of rotatable bonds is 4. The summed E-state index contributed by atoms with van der Waals surface area (Å²) in [6.45, 7) is 12.7. The second kappa shape index (κ2) is 5.82. The maximum Gasteiger partial charge on any atom is 0.192 e. The topological polar surface area (TPSA) is 41.5 Å². The van der Waals surface area contributed by atoms with Crippen LogP contribution in [-0.2, 0) is 4.43 Å². The minimum absolute atomic E-state index is 0.283. The third kappa shape index (κ3) is 4.36. The molecule has 0 aliphatic carbocycles. The van der Waals surface area contributed by atoms with E-state index in [0.717, 1.165) is 25.8 Å². The van der Waals surface area contributed by atoms with E-state index in [1.54, 1.807) is 0 Å². The Hall–Kier alpha value is 0.0969. The molecule has 3 nitrogen and oxygen atoms in total. The first-order chi connectivity index (χ1) is 7.76. The predicted molar refractivity (Wildman–Crippen MR) is 74.8 cm³/mol. The molecule has 0 spiro atoms. The van der Waals surface area contributed by atoms with E-state index < -0.39 is 8.32 Å². The van der Waals surface area contributed by atoms with Crippen LogP contribution in [0.4, 0.5) is 0 Å². The molecule has 1 rings (SSSR count). The largest absolute Gasteiger partial charge is 0.413 e. The van der Waals surface area contributed by atoms with Gasteiger partial charge in [0, 0.05) is 19.2 Å². The van der Waals surface area contributed by atoms with Crippen LogP contribution in [0.5, 0.6) is 0 Å². The molecule has 1 aliphatic rings. The van der Waals surface area contributed by atoms with Crippen molar-refractivity contribution in [1.29, 1.82) is 0 Å². The molecule has 102 valence electrons. The molecule has 2 unspecified atom stereocenters. The Bertz CT molecular complexity index is 230. The zero-order valence-electron chi connectivity index (χ0n) is 12.0. The highest BCUT2D eigenvalue weighted by molar-refractivity contribution is 6.74. The average molecular weight is 259 g/mol. The van der Waals surface area contributed by atoms with Crippen LogP contribution in [0.2, 0.25) is 18.1 Å². The first-order valence-corrected chi connectivity index (χ1v) is 9.69. The first-order valence-electron chi connectivity index (χ1n) is 6.78. The molecule has 0 radical (unpaired) electrons. The fraction of sp³-hybridized carbons (Fsp3) is 1.00. The van der Waals surface area contributed by atoms with Crippen LogP contribution in [0, 0.1) is 0 Å². The predicted octanol–water partition coefficient (Wildman–Crippen LogP) is 2.51. The van der Waals surface area contributed by atoms with Crippen molar-refractivity contribution in [2.45, 2.75) is 70.3 Å². The van der Waals surface area contributed by atoms with Crippen molar-refractivity contribution >= 4 is 8.32 Å². The van der Waals surface area contributed by atoms with Crippen molar-refractivity contribution in [1.82, 2.24) is 5.32 Å². The van der Waals surface area contributed by atoms with Crippen LogP contribution in [0.25, 0.3) is 0 Å². The molecule has 0 aromatic heterocycles. The van der Waals surface area contributed by atoms with Gasteiger partial charge in [0.25, 0.3) is 0 Å². The van der Waals surface area contributed by atoms with Crippen molar-refractivity contribution in [3.05, 3.63) is 0 Å². The second-order valence-corrected chi connectivity index (χ2v) is 11.5. The van der Waals surface area contributed by atoms with E-state index in [0.29, 0.717) is 12.1 Å². The van der Waals surface area contributed by atoms with E-state index in [-0.39, 0.29) is 11.6 Å². The number of nitrogens with one attached hydrogen (secondary N) is 1. The molecule has 1 aliphatic heterocycles. The lowest BCUT2D eigenvalue weighted by Crippen LogP contribution is -2.50. The zero-order valence-corrected chi connectivity index (χ0v) is 13.0. The van der Waals surface area contributed by atoms with Crippen LogP contribution in [0.3, 0.4) is 0 Å². The van der Waals surface area contributed by atoms with Crippen molar-refractivity contribution in [3.8, 4) is 0 Å². The SMILES string of the molecule is CC(C)(C)[Si](C)(C)OC1CCC(CCO)NC1. The van der Waals surface area contributed by atoms with Gasteiger partial charge in [0.05, 0.1) is 6.10 Å². The van der Waals surface area contributed by atoms with Crippen LogP contribution in [0.15, 0.2) is 0 Å². The minimum Gasteiger partial charge on any atom is -0.413 e. The van der Waals surface area contributed by atoms with E-state index in [9.17, 15) is 0 Å². The van der Waals surface area contributed by atoms with Crippen molar-refractivity contribution in [2.75, 3.05) is 13.2 Å². The molecular formula is C13H29NO2Si. The Morgan fingerprint density at radius 3 is 2.35 bits per heavy atom. The van der Waals surface area contributed by atoms with Gasteiger partial charge in [0.2, 0.25) is 0 Å². The highest BCUT2D eigenvalue weighted by Crippen LogP contribution is 2.38. The number of aliphatic hydroxyl groups is 1. The standard InChI is InChI=1S/C13H29NO2Si/c1-13(2,3)17(4,5)16-12-7-6-11(8-9-15)14-10-12/h11-12,14-15H,6-10H2,1-5H3. The monoisotopic (exact) mass is 259 g/mol. The van der Waals surface area contributed by atoms with E-state index >= 15 is 0 Å². The summed E-state index contributed by atoms with van der Waals surface area (Å²) in [7, 11) is -1.62. The van der Waals surface area contributed by atoms with Crippen molar-refractivity contribution in [2.24, 2.45) is 0 Å². The van der Waals surface area contributed by atoms with Gasteiger partial charge in [-0.25, -0.2) is 0 Å². The van der Waals surface area contributed by atoms with Crippen LogP contribution >= 0.6 is 0 Å². The van der Waals surface area contributed by atoms with Gasteiger partial charge in [-0.1, -0.05) is 20.8 Å². The summed E-state index contributed by atoms with van der Waals surface area (Å²) < 4.78 is 6.38. The molecule has 1 heterocycles. The summed E-state index contributed by atoms with van der Waals surface area (Å²) in [6, 6.07) is 0.485. The van der Waals surface area contributed by atoms with Gasteiger partial charge in [-0.15, -0.1) is 0 Å². The highest BCUT2D eigenvalue weighted by atomic mass is 28.4. The van der Waals surface area contributed by atoms with Crippen molar-refractivity contribution in [3.63, 3.8) is 0 Å². The molecule has 2 atom stereocenters. The third-order valence-electron chi connectivity index (χ3n) is 4.22. The van der Waals surface area contributed by atoms with Crippen LogP contribution in [0.1, 0.15) is 40.0 Å². The van der Waals surface area contributed by atoms with Gasteiger partial charge in [0.1, 0.15) is 0 Å². The molecule has 0 amide bonds. The molecule has 1 fully saturated rings. The number of hydrogen-bond donors (Lipinski definition) is 2. The number of piperidine rings is 1. The van der Waals surface area contributed by atoms with Crippen molar-refractivity contribution < 1.29 is 9.53 Å². The summed E-state index contributed by atoms with van der Waals surface area (Å²) in [6.07, 6.45) is 3.49. The third-order valence-corrected chi connectivity index (χ3v) is 8.75. The fourth-order valence-electron chi connectivity index (χ4n) is 1.99. The molecule has 1 saturated heterocycles. The number of aliphatic hydroxyl groups excluding tert-OH is 1. The lowest BCUT2D eigenvalue weighted by molar-refractivity contribution is 0.126. The van der Waals surface area contributed by atoms with Gasteiger partial charge in [0.15, 0.2) is 8.32 Å². The maximum absolute atomic E-state index is 8.91. The summed E-state index contributed by atoms with van der Waals surface area (Å²) in [5.74, 6) is 0. The van der Waals surface area contributed by atoms with E-state index in [4.69, 9.17) is 9.53 Å². The molecule has 0 saturated carbocycles. The Morgan fingerprint density at radius 1 is 1.29 bits per heavy atom. The lowest BCUT2D eigenvalue weighted by atomic mass is 10.0. The summed E-state index contributed by atoms with van der Waals surface area (Å²) in [5, 5.41) is 12.7. The quantitative estimate of drug-likeness (QED) is 0.762. The summed E-state index contributed by atoms with van der Waals surface area (Å²) in [5.41, 5.74) is 0. The maximum atomic E-state index is 8.91. The zero-order chi connectivity index (χ0) is 13.1. The first kappa shape index (κ1) is 15.2. The second-order valence-electron chi connectivity index (χ2n) is 6.69. The average Bonchev–Trinajstić information content (AvgIpc) is 2.19. The van der Waals surface area contributed by atoms with Gasteiger partial charge >= 0.3 is 0 Å². The molecule has 2 N–H and O–H groups in total. The van der Waals surface area contributed by atoms with Gasteiger partial charge in [-0.3, -0.25) is 0 Å². The van der Waals surface area contributed by atoms with E-state index in [1.807, 2.05) is 0 Å². The summed E-state index contributed by atoms with van der Waals surface area (Å²) >= 11 is 0. The Morgan fingerprint density at radius 2 is 1.94 bits per heavy atom. The van der Waals surface area contributed by atoms with E-state index in [1.165, 1.54) is 0 Å². The van der Waals surface area contributed by atoms with Gasteiger partial charge < -0.3 is 14.8 Å². The Balaban J connectivity index is 2.40. The minimum atomic E-state index is -1.62. The molecule has 0 aromatic rings. The highest BCUT2D eigenvalue weighted by Gasteiger charge is 2.39. The van der Waals surface area contributed by atoms with Crippen LogP contribution < -0.4 is 5.32 Å². The number of hydrogen-bond acceptors (Lipinski definition) is 3. The molecule has 17 heavy (non-hydrogen) atoms. The molecular weight excluding hydrogens is 230 g/mol. The molecule has 4 heteroatoms. The summed E-state index contributed by atoms with van der Waals surface area (Å²) in [4.78, 5) is 0. The van der Waals surface area contributed by atoms with Gasteiger partial charge in [-0.05, 0) is 37.4 Å². The smallest absolute Gasteiger partial charge is 0.192 e.